The van der Waals surface area contributed by atoms with Gasteiger partial charge in [0.05, 0.1) is 7.11 Å². The Kier molecular flexibility index (Phi) is 10.1. The van der Waals surface area contributed by atoms with Crippen molar-refractivity contribution in [1.82, 2.24) is 5.32 Å². The monoisotopic (exact) mass is 435 g/mol. The third-order valence-electron chi connectivity index (χ3n) is 3.76. The molecule has 170 valence electrons. The quantitative estimate of drug-likeness (QED) is 0.297. The first-order chi connectivity index (χ1) is 14.0. The van der Waals surface area contributed by atoms with E-state index in [4.69, 9.17) is 28.8 Å². The molecule has 2 N–H and O–H groups in total. The first-order valence-electron chi connectivity index (χ1n) is 8.80. The van der Waals surface area contributed by atoms with Gasteiger partial charge in [0.25, 0.3) is 0 Å². The Bertz CT molecular complexity index is 607. The molecule has 1 rings (SSSR count). The van der Waals surface area contributed by atoms with E-state index in [2.05, 4.69) is 10.1 Å². The number of esters is 3. The minimum absolute atomic E-state index is 0.398. The van der Waals surface area contributed by atoms with Crippen molar-refractivity contribution in [2.45, 2.75) is 51.4 Å². The highest BCUT2D eigenvalue weighted by molar-refractivity contribution is 5.73. The minimum Gasteiger partial charge on any atom is -0.480 e. The van der Waals surface area contributed by atoms with E-state index in [1.165, 1.54) is 6.92 Å². The van der Waals surface area contributed by atoms with Crippen LogP contribution < -0.4 is 5.32 Å². The van der Waals surface area contributed by atoms with E-state index in [0.29, 0.717) is 0 Å². The molecule has 0 aromatic carbocycles. The fourth-order valence-corrected chi connectivity index (χ4v) is 2.68. The van der Waals surface area contributed by atoms with Crippen molar-refractivity contribution >= 4 is 29.8 Å². The lowest BCUT2D eigenvalue weighted by Gasteiger charge is -2.45. The predicted octanol–water partition coefficient (Wildman–Crippen LogP) is -1.63. The Balaban J connectivity index is 3.27. The molecule has 1 aliphatic rings. The van der Waals surface area contributed by atoms with Crippen LogP contribution in [0.4, 0.5) is 0 Å². The van der Waals surface area contributed by atoms with E-state index in [9.17, 15) is 24.0 Å². The van der Waals surface area contributed by atoms with Crippen LogP contribution in [0.3, 0.4) is 0 Å². The standard InChI is InChI=1S/C17H25NO12/c1-8(19)18-14-16(27-7-13(24)25-4)15(29-10(3)21)11(5-26-9(2)20)30-17(14)28-6-12(22)23/h11,14-17H,5-7H2,1-4H3,(H,18,19)(H,22,23)/t11-,14-,15-,16-,17+/m1/s1. The third kappa shape index (κ3) is 8.31. The highest BCUT2D eigenvalue weighted by atomic mass is 16.7. The van der Waals surface area contributed by atoms with Gasteiger partial charge >= 0.3 is 23.9 Å². The first kappa shape index (κ1) is 25.3. The van der Waals surface area contributed by atoms with Crippen molar-refractivity contribution in [3.8, 4) is 0 Å². The van der Waals surface area contributed by atoms with E-state index in [-0.39, 0.29) is 0 Å². The number of hydrogen-bond acceptors (Lipinski definition) is 11. The molecule has 0 saturated carbocycles. The molecule has 0 aliphatic carbocycles. The summed E-state index contributed by atoms with van der Waals surface area (Å²) in [6.07, 6.45) is -5.01. The summed E-state index contributed by atoms with van der Waals surface area (Å²) in [5, 5.41) is 11.4. The molecule has 0 unspecified atom stereocenters. The molecule has 1 fully saturated rings. The van der Waals surface area contributed by atoms with Crippen molar-refractivity contribution in [2.24, 2.45) is 0 Å². The van der Waals surface area contributed by atoms with Crippen molar-refractivity contribution < 1.29 is 57.5 Å². The fraction of sp³-hybridized carbons (Fsp3) is 0.706. The van der Waals surface area contributed by atoms with E-state index in [0.717, 1.165) is 21.0 Å². The van der Waals surface area contributed by atoms with Gasteiger partial charge in [-0.05, 0) is 0 Å². The fourth-order valence-electron chi connectivity index (χ4n) is 2.68. The molecule has 0 radical (unpaired) electrons. The molecule has 13 heteroatoms. The van der Waals surface area contributed by atoms with Gasteiger partial charge in [0.15, 0.2) is 12.4 Å². The van der Waals surface area contributed by atoms with E-state index >= 15 is 0 Å². The first-order valence-corrected chi connectivity index (χ1v) is 8.80. The summed E-state index contributed by atoms with van der Waals surface area (Å²) in [6.45, 7) is 1.67. The van der Waals surface area contributed by atoms with Gasteiger partial charge in [0, 0.05) is 20.8 Å². The zero-order valence-electron chi connectivity index (χ0n) is 16.9. The molecule has 0 aromatic heterocycles. The number of methoxy groups -OCH3 is 1. The van der Waals surface area contributed by atoms with Gasteiger partial charge in [-0.25, -0.2) is 9.59 Å². The molecule has 1 heterocycles. The van der Waals surface area contributed by atoms with Gasteiger partial charge in [-0.2, -0.15) is 0 Å². The van der Waals surface area contributed by atoms with Crippen LogP contribution in [0.25, 0.3) is 0 Å². The summed E-state index contributed by atoms with van der Waals surface area (Å²) in [5.74, 6) is -4.02. The summed E-state index contributed by atoms with van der Waals surface area (Å²) in [6, 6.07) is -1.18. The van der Waals surface area contributed by atoms with Gasteiger partial charge in [-0.1, -0.05) is 0 Å². The van der Waals surface area contributed by atoms with Crippen LogP contribution >= 0.6 is 0 Å². The number of rotatable bonds is 10. The summed E-state index contributed by atoms with van der Waals surface area (Å²) in [4.78, 5) is 57.0. The maximum Gasteiger partial charge on any atom is 0.331 e. The van der Waals surface area contributed by atoms with Crippen LogP contribution in [0.2, 0.25) is 0 Å². The van der Waals surface area contributed by atoms with Gasteiger partial charge in [-0.15, -0.1) is 0 Å². The predicted molar refractivity (Wildman–Crippen MR) is 93.8 cm³/mol. The largest absolute Gasteiger partial charge is 0.480 e. The SMILES string of the molecule is COC(=O)CO[C@@H]1[C@@H](NC(C)=O)[C@@H](OCC(=O)O)O[C@H](COC(C)=O)[C@H]1OC(C)=O. The second-order valence-electron chi connectivity index (χ2n) is 6.20. The third-order valence-corrected chi connectivity index (χ3v) is 3.76. The second-order valence-corrected chi connectivity index (χ2v) is 6.20. The molecule has 1 amide bonds. The Labute approximate surface area is 171 Å². The molecular weight excluding hydrogens is 410 g/mol. The summed E-state index contributed by atoms with van der Waals surface area (Å²) >= 11 is 0. The van der Waals surface area contributed by atoms with Crippen LogP contribution in [0.1, 0.15) is 20.8 Å². The Hall–Kier alpha value is -2.77. The number of carbonyl (C=O) groups is 5. The number of aliphatic carboxylic acids is 1. The lowest BCUT2D eigenvalue weighted by molar-refractivity contribution is -0.280. The number of carboxylic acids is 1. The van der Waals surface area contributed by atoms with E-state index < -0.39 is 80.2 Å². The maximum absolute atomic E-state index is 11.7. The van der Waals surface area contributed by atoms with Crippen molar-refractivity contribution in [3.63, 3.8) is 0 Å². The highest BCUT2D eigenvalue weighted by Gasteiger charge is 2.50. The lowest BCUT2D eigenvalue weighted by atomic mass is 9.96. The highest BCUT2D eigenvalue weighted by Crippen LogP contribution is 2.27. The number of amides is 1. The lowest BCUT2D eigenvalue weighted by Crippen LogP contribution is -2.66. The average molecular weight is 435 g/mol. The van der Waals surface area contributed by atoms with Crippen molar-refractivity contribution in [1.29, 1.82) is 0 Å². The average Bonchev–Trinajstić information content (AvgIpc) is 2.64. The summed E-state index contributed by atoms with van der Waals surface area (Å²) in [5.41, 5.74) is 0. The maximum atomic E-state index is 11.7. The van der Waals surface area contributed by atoms with Gasteiger partial charge in [0.2, 0.25) is 5.91 Å². The normalized spacial score (nSPS) is 25.7. The van der Waals surface area contributed by atoms with Crippen molar-refractivity contribution in [2.75, 3.05) is 26.9 Å². The molecule has 1 aliphatic heterocycles. The number of ether oxygens (including phenoxy) is 6. The van der Waals surface area contributed by atoms with Crippen LogP contribution in [0, 0.1) is 0 Å². The van der Waals surface area contributed by atoms with Gasteiger partial charge in [-0.3, -0.25) is 14.4 Å². The molecule has 1 saturated heterocycles. The van der Waals surface area contributed by atoms with E-state index in [1.54, 1.807) is 0 Å². The summed E-state index contributed by atoms with van der Waals surface area (Å²) in [7, 11) is 1.13. The molecule has 0 bridgehead atoms. The minimum atomic E-state index is -1.39. The second kappa shape index (κ2) is 12.0. The van der Waals surface area contributed by atoms with Crippen molar-refractivity contribution in [3.05, 3.63) is 0 Å². The summed E-state index contributed by atoms with van der Waals surface area (Å²) < 4.78 is 31.0. The zero-order chi connectivity index (χ0) is 22.8. The molecule has 5 atom stereocenters. The molecular formula is C17H25NO12. The van der Waals surface area contributed by atoms with E-state index in [1.807, 2.05) is 0 Å². The number of nitrogens with one attached hydrogen (secondary N) is 1. The van der Waals surface area contributed by atoms with Crippen LogP contribution in [0.15, 0.2) is 0 Å². The van der Waals surface area contributed by atoms with Gasteiger partial charge in [0.1, 0.15) is 38.1 Å². The topological polar surface area (TPSA) is 173 Å². The number of carbonyl (C=O) groups excluding carboxylic acids is 4. The zero-order valence-corrected chi connectivity index (χ0v) is 16.9. The molecule has 13 nitrogen and oxygen atoms in total. The Morgan fingerprint density at radius 3 is 2.13 bits per heavy atom. The smallest absolute Gasteiger partial charge is 0.331 e. The van der Waals surface area contributed by atoms with Crippen LogP contribution in [0.5, 0.6) is 0 Å². The van der Waals surface area contributed by atoms with Crippen LogP contribution in [-0.4, -0.2) is 92.5 Å². The Morgan fingerprint density at radius 1 is 0.967 bits per heavy atom. The number of hydrogen-bond donors (Lipinski definition) is 2. The van der Waals surface area contributed by atoms with Crippen LogP contribution in [-0.2, 0) is 52.4 Å². The molecule has 0 spiro atoms. The number of carboxylic acid groups (broad SMARTS) is 1. The molecule has 0 aromatic rings. The molecule has 30 heavy (non-hydrogen) atoms. The van der Waals surface area contributed by atoms with Gasteiger partial charge < -0.3 is 38.8 Å². The Morgan fingerprint density at radius 2 is 1.63 bits per heavy atom.